The first-order valence-corrected chi connectivity index (χ1v) is 8.89. The van der Waals surface area contributed by atoms with E-state index in [1.165, 1.54) is 5.56 Å². The fraction of sp³-hybridized carbons (Fsp3) is 0.450. The van der Waals surface area contributed by atoms with Crippen LogP contribution in [0.5, 0.6) is 5.75 Å². The molecule has 0 amide bonds. The van der Waals surface area contributed by atoms with Crippen molar-refractivity contribution >= 4 is 0 Å². The Bertz CT molecular complexity index is 698. The van der Waals surface area contributed by atoms with Crippen molar-refractivity contribution in [2.24, 2.45) is 7.05 Å². The molecule has 1 aromatic carbocycles. The first-order valence-electron chi connectivity index (χ1n) is 8.89. The van der Waals surface area contributed by atoms with Crippen LogP contribution in [0.15, 0.2) is 49.3 Å². The number of rotatable bonds is 8. The maximum absolute atomic E-state index is 10.5. The molecule has 134 valence electrons. The summed E-state index contributed by atoms with van der Waals surface area (Å²) in [4.78, 5) is 2.33. The SMILES string of the molecule is C=CCc1ccccc1OC[C@@H](O)CN1CCC[C@H]1c1cnn(C)c1. The number of aliphatic hydroxyl groups is 1. The number of likely N-dealkylation sites (tertiary alicyclic amines) is 1. The highest BCUT2D eigenvalue weighted by molar-refractivity contribution is 5.34. The molecule has 1 aliphatic rings. The van der Waals surface area contributed by atoms with Gasteiger partial charge in [0, 0.05) is 31.4 Å². The summed E-state index contributed by atoms with van der Waals surface area (Å²) >= 11 is 0. The highest BCUT2D eigenvalue weighted by atomic mass is 16.5. The Morgan fingerprint density at radius 1 is 1.44 bits per heavy atom. The maximum atomic E-state index is 10.5. The summed E-state index contributed by atoms with van der Waals surface area (Å²) in [6, 6.07) is 8.26. The van der Waals surface area contributed by atoms with Crippen LogP contribution in [0.3, 0.4) is 0 Å². The number of nitrogens with zero attached hydrogens (tertiary/aromatic N) is 3. The average molecular weight is 341 g/mol. The normalized spacial score (nSPS) is 19.0. The molecule has 1 saturated heterocycles. The summed E-state index contributed by atoms with van der Waals surface area (Å²) in [5, 5.41) is 14.7. The van der Waals surface area contributed by atoms with Gasteiger partial charge in [-0.15, -0.1) is 6.58 Å². The van der Waals surface area contributed by atoms with Gasteiger partial charge in [0.25, 0.3) is 0 Å². The van der Waals surface area contributed by atoms with Gasteiger partial charge in [-0.1, -0.05) is 24.3 Å². The smallest absolute Gasteiger partial charge is 0.122 e. The molecule has 0 saturated carbocycles. The predicted molar refractivity (Wildman–Crippen MR) is 98.6 cm³/mol. The zero-order valence-electron chi connectivity index (χ0n) is 14.8. The standard InChI is InChI=1S/C20H27N3O2/c1-3-7-16-8-4-5-10-20(16)25-15-18(24)14-23-11-6-9-19(23)17-12-21-22(2)13-17/h3-5,8,10,12-13,18-19,24H,1,6-7,9,11,14-15H2,2H3/t18-,19-/m0/s1. The van der Waals surface area contributed by atoms with Crippen molar-refractivity contribution in [3.8, 4) is 5.75 Å². The van der Waals surface area contributed by atoms with E-state index in [4.69, 9.17) is 4.74 Å². The van der Waals surface area contributed by atoms with Crippen molar-refractivity contribution in [3.63, 3.8) is 0 Å². The summed E-state index contributed by atoms with van der Waals surface area (Å²) < 4.78 is 7.70. The average Bonchev–Trinajstić information content (AvgIpc) is 3.23. The van der Waals surface area contributed by atoms with Crippen LogP contribution in [0.2, 0.25) is 0 Å². The zero-order chi connectivity index (χ0) is 17.6. The molecule has 2 atom stereocenters. The number of β-amino-alcohol motifs (C(OH)–C–C–N with tert-alkyl or cyclic N) is 1. The molecule has 25 heavy (non-hydrogen) atoms. The van der Waals surface area contributed by atoms with E-state index in [1.54, 1.807) is 0 Å². The largest absolute Gasteiger partial charge is 0.491 e. The lowest BCUT2D eigenvalue weighted by Crippen LogP contribution is -2.35. The molecule has 2 heterocycles. The molecule has 0 bridgehead atoms. The van der Waals surface area contributed by atoms with Gasteiger partial charge in [-0.25, -0.2) is 0 Å². The molecule has 0 spiro atoms. The van der Waals surface area contributed by atoms with Crippen LogP contribution < -0.4 is 4.74 Å². The fourth-order valence-corrected chi connectivity index (χ4v) is 3.51. The number of hydrogen-bond donors (Lipinski definition) is 1. The lowest BCUT2D eigenvalue weighted by atomic mass is 10.1. The van der Waals surface area contributed by atoms with E-state index >= 15 is 0 Å². The molecular formula is C20H27N3O2. The molecule has 1 aliphatic heterocycles. The summed E-state index contributed by atoms with van der Waals surface area (Å²) in [5.41, 5.74) is 2.32. The van der Waals surface area contributed by atoms with E-state index in [9.17, 15) is 5.11 Å². The third kappa shape index (κ3) is 4.50. The lowest BCUT2D eigenvalue weighted by molar-refractivity contribution is 0.0636. The third-order valence-corrected chi connectivity index (χ3v) is 4.69. The second kappa shape index (κ2) is 8.32. The second-order valence-electron chi connectivity index (χ2n) is 6.67. The predicted octanol–water partition coefficient (Wildman–Crippen LogP) is 2.73. The van der Waals surface area contributed by atoms with Crippen molar-refractivity contribution in [1.82, 2.24) is 14.7 Å². The minimum Gasteiger partial charge on any atom is -0.491 e. The monoisotopic (exact) mass is 341 g/mol. The van der Waals surface area contributed by atoms with Crippen molar-refractivity contribution in [2.45, 2.75) is 31.4 Å². The Balaban J connectivity index is 1.55. The Kier molecular flexibility index (Phi) is 5.89. The summed E-state index contributed by atoms with van der Waals surface area (Å²) in [6.07, 6.45) is 8.36. The number of hydrogen-bond acceptors (Lipinski definition) is 4. The van der Waals surface area contributed by atoms with Crippen molar-refractivity contribution < 1.29 is 9.84 Å². The second-order valence-corrected chi connectivity index (χ2v) is 6.67. The number of aryl methyl sites for hydroxylation is 1. The minimum atomic E-state index is -0.519. The zero-order valence-corrected chi connectivity index (χ0v) is 14.8. The number of ether oxygens (including phenoxy) is 1. The van der Waals surface area contributed by atoms with E-state index in [-0.39, 0.29) is 0 Å². The van der Waals surface area contributed by atoms with Gasteiger partial charge in [-0.2, -0.15) is 5.10 Å². The van der Waals surface area contributed by atoms with Gasteiger partial charge < -0.3 is 9.84 Å². The lowest BCUT2D eigenvalue weighted by Gasteiger charge is -2.26. The number of benzene rings is 1. The molecule has 0 unspecified atom stereocenters. The van der Waals surface area contributed by atoms with Gasteiger partial charge >= 0.3 is 0 Å². The van der Waals surface area contributed by atoms with Gasteiger partial charge in [-0.3, -0.25) is 9.58 Å². The summed E-state index contributed by atoms with van der Waals surface area (Å²) in [5.74, 6) is 0.826. The minimum absolute atomic E-state index is 0.296. The van der Waals surface area contributed by atoms with Gasteiger partial charge in [0.2, 0.25) is 0 Å². The molecule has 2 aromatic rings. The van der Waals surface area contributed by atoms with Crippen molar-refractivity contribution in [3.05, 3.63) is 60.4 Å². The highest BCUT2D eigenvalue weighted by Gasteiger charge is 2.28. The van der Waals surface area contributed by atoms with Gasteiger partial charge in [0.15, 0.2) is 0 Å². The summed E-state index contributed by atoms with van der Waals surface area (Å²) in [6.45, 7) is 5.70. The number of aliphatic hydroxyl groups excluding tert-OH is 1. The van der Waals surface area contributed by atoms with Gasteiger partial charge in [0.05, 0.1) is 6.20 Å². The number of para-hydroxylation sites is 1. The quantitative estimate of drug-likeness (QED) is 0.750. The Morgan fingerprint density at radius 3 is 3.04 bits per heavy atom. The van der Waals surface area contributed by atoms with E-state index in [1.807, 2.05) is 48.3 Å². The van der Waals surface area contributed by atoms with Crippen LogP contribution in [-0.4, -0.2) is 45.6 Å². The van der Waals surface area contributed by atoms with Crippen LogP contribution >= 0.6 is 0 Å². The Hall–Kier alpha value is -2.11. The molecular weight excluding hydrogens is 314 g/mol. The van der Waals surface area contributed by atoms with E-state index in [2.05, 4.69) is 22.8 Å². The van der Waals surface area contributed by atoms with E-state index in [0.29, 0.717) is 19.2 Å². The van der Waals surface area contributed by atoms with Crippen LogP contribution in [0.25, 0.3) is 0 Å². The van der Waals surface area contributed by atoms with Crippen LogP contribution in [0.1, 0.15) is 30.0 Å². The van der Waals surface area contributed by atoms with Crippen LogP contribution in [0.4, 0.5) is 0 Å². The molecule has 0 aliphatic carbocycles. The maximum Gasteiger partial charge on any atom is 0.122 e. The topological polar surface area (TPSA) is 50.5 Å². The first kappa shape index (κ1) is 17.7. The van der Waals surface area contributed by atoms with Crippen LogP contribution in [-0.2, 0) is 13.5 Å². The molecule has 1 N–H and O–H groups in total. The third-order valence-electron chi connectivity index (χ3n) is 4.69. The van der Waals surface area contributed by atoms with E-state index in [0.717, 1.165) is 37.1 Å². The molecule has 1 aromatic heterocycles. The van der Waals surface area contributed by atoms with Gasteiger partial charge in [0.1, 0.15) is 18.5 Å². The van der Waals surface area contributed by atoms with Crippen molar-refractivity contribution in [2.75, 3.05) is 19.7 Å². The summed E-state index contributed by atoms with van der Waals surface area (Å²) in [7, 11) is 1.94. The van der Waals surface area contributed by atoms with E-state index < -0.39 is 6.10 Å². The molecule has 0 radical (unpaired) electrons. The van der Waals surface area contributed by atoms with Crippen LogP contribution in [0, 0.1) is 0 Å². The molecule has 5 heteroatoms. The Morgan fingerprint density at radius 2 is 2.28 bits per heavy atom. The fourth-order valence-electron chi connectivity index (χ4n) is 3.51. The van der Waals surface area contributed by atoms with Gasteiger partial charge in [-0.05, 0) is 37.4 Å². The van der Waals surface area contributed by atoms with Crippen molar-refractivity contribution in [1.29, 1.82) is 0 Å². The first-order chi connectivity index (χ1) is 12.2. The number of aromatic nitrogens is 2. The molecule has 1 fully saturated rings. The Labute approximate surface area is 149 Å². The number of allylic oxidation sites excluding steroid dienone is 1. The molecule has 5 nitrogen and oxygen atoms in total. The molecule has 3 rings (SSSR count). The highest BCUT2D eigenvalue weighted by Crippen LogP contribution is 2.31.